The van der Waals surface area contributed by atoms with Crippen LogP contribution in [0, 0.1) is 0 Å². The van der Waals surface area contributed by atoms with Gasteiger partial charge in [0.15, 0.2) is 5.11 Å². The van der Waals surface area contributed by atoms with E-state index in [1.807, 2.05) is 0 Å². The number of ether oxygens (including phenoxy) is 2. The van der Waals surface area contributed by atoms with Crippen LogP contribution in [-0.2, 0) is 0 Å². The summed E-state index contributed by atoms with van der Waals surface area (Å²) in [6.45, 7) is 6.00. The van der Waals surface area contributed by atoms with Crippen LogP contribution >= 0.6 is 12.2 Å². The second kappa shape index (κ2) is 10.9. The zero-order valence-corrected chi connectivity index (χ0v) is 15.9. The number of nitrogens with one attached hydrogen (secondary N) is 1. The molecule has 0 bridgehead atoms. The highest BCUT2D eigenvalue weighted by Crippen LogP contribution is 2.22. The Morgan fingerprint density at radius 2 is 1.54 bits per heavy atom. The smallest absolute Gasteiger partial charge is 0.257 e. The quantitative estimate of drug-likeness (QED) is 0.688. The Hall–Kier alpha value is -1.82. The van der Waals surface area contributed by atoms with Crippen LogP contribution in [0.4, 0.5) is 0 Å². The van der Waals surface area contributed by atoms with E-state index in [2.05, 4.69) is 24.1 Å². The maximum Gasteiger partial charge on any atom is 0.257 e. The molecule has 1 rings (SSSR count). The highest BCUT2D eigenvalue weighted by Gasteiger charge is 2.15. The Morgan fingerprint density at radius 1 is 1.04 bits per heavy atom. The molecule has 1 amide bonds. The lowest BCUT2D eigenvalue weighted by molar-refractivity contribution is 0.0972. The number of unbranched alkanes of at least 4 members (excludes halogenated alkanes) is 2. The second-order valence-electron chi connectivity index (χ2n) is 5.55. The Kier molecular flexibility index (Phi) is 9.15. The van der Waals surface area contributed by atoms with Gasteiger partial charge in [-0.25, -0.2) is 0 Å². The van der Waals surface area contributed by atoms with E-state index in [1.54, 1.807) is 32.4 Å². The summed E-state index contributed by atoms with van der Waals surface area (Å²) in [5.41, 5.74) is 0.458. The third kappa shape index (κ3) is 6.35. The van der Waals surface area contributed by atoms with Gasteiger partial charge in [0, 0.05) is 24.7 Å². The van der Waals surface area contributed by atoms with E-state index in [-0.39, 0.29) is 5.91 Å². The molecule has 0 saturated carbocycles. The van der Waals surface area contributed by atoms with E-state index in [1.165, 1.54) is 0 Å². The van der Waals surface area contributed by atoms with Crippen LogP contribution in [0.15, 0.2) is 18.2 Å². The van der Waals surface area contributed by atoms with Crippen molar-refractivity contribution in [2.75, 3.05) is 27.3 Å². The van der Waals surface area contributed by atoms with Gasteiger partial charge in [0.1, 0.15) is 11.5 Å². The van der Waals surface area contributed by atoms with Crippen LogP contribution in [0.25, 0.3) is 0 Å². The standard InChI is InChI=1S/C18H28N2O3S/c1-5-7-9-20(10-8-6-2)18(24)19-17(21)14-11-15(22-3)13-16(12-14)23-4/h11-13H,5-10H2,1-4H3,(H,19,21,24). The van der Waals surface area contributed by atoms with Crippen molar-refractivity contribution in [2.45, 2.75) is 39.5 Å². The number of rotatable bonds is 9. The maximum absolute atomic E-state index is 12.5. The van der Waals surface area contributed by atoms with Crippen LogP contribution in [0.5, 0.6) is 11.5 Å². The molecule has 1 aromatic rings. The van der Waals surface area contributed by atoms with Gasteiger partial charge in [-0.1, -0.05) is 26.7 Å². The third-order valence-electron chi connectivity index (χ3n) is 3.68. The van der Waals surface area contributed by atoms with E-state index >= 15 is 0 Å². The van der Waals surface area contributed by atoms with Gasteiger partial charge in [0.25, 0.3) is 5.91 Å². The van der Waals surface area contributed by atoms with Crippen LogP contribution in [0.1, 0.15) is 49.9 Å². The molecule has 0 aliphatic rings. The zero-order valence-electron chi connectivity index (χ0n) is 15.1. The molecule has 0 unspecified atom stereocenters. The number of carbonyl (C=O) groups excluding carboxylic acids is 1. The average molecular weight is 353 g/mol. The highest BCUT2D eigenvalue weighted by molar-refractivity contribution is 7.80. The molecule has 24 heavy (non-hydrogen) atoms. The van der Waals surface area contributed by atoms with E-state index in [4.69, 9.17) is 21.7 Å². The number of carbonyl (C=O) groups is 1. The van der Waals surface area contributed by atoms with Crippen LogP contribution in [-0.4, -0.2) is 43.2 Å². The molecule has 0 spiro atoms. The summed E-state index contributed by atoms with van der Waals surface area (Å²) in [5, 5.41) is 3.30. The van der Waals surface area contributed by atoms with E-state index in [0.717, 1.165) is 38.8 Å². The fraction of sp³-hybridized carbons (Fsp3) is 0.556. The average Bonchev–Trinajstić information content (AvgIpc) is 2.61. The first kappa shape index (κ1) is 20.2. The lowest BCUT2D eigenvalue weighted by atomic mass is 10.2. The van der Waals surface area contributed by atoms with Gasteiger partial charge in [-0.15, -0.1) is 0 Å². The SMILES string of the molecule is CCCCN(CCCC)C(=S)NC(=O)c1cc(OC)cc(OC)c1. The van der Waals surface area contributed by atoms with E-state index in [0.29, 0.717) is 22.2 Å². The fourth-order valence-corrected chi connectivity index (χ4v) is 2.47. The Balaban J connectivity index is 2.81. The predicted octanol–water partition coefficient (Wildman–Crippen LogP) is 3.62. The lowest BCUT2D eigenvalue weighted by Crippen LogP contribution is -2.43. The first-order valence-electron chi connectivity index (χ1n) is 8.39. The van der Waals surface area contributed by atoms with Gasteiger partial charge in [0.2, 0.25) is 0 Å². The first-order chi connectivity index (χ1) is 11.5. The molecule has 0 radical (unpaired) electrons. The minimum atomic E-state index is -0.254. The van der Waals surface area contributed by atoms with Gasteiger partial charge in [-0.3, -0.25) is 10.1 Å². The summed E-state index contributed by atoms with van der Waals surface area (Å²) in [6.07, 6.45) is 4.28. The van der Waals surface area contributed by atoms with Gasteiger partial charge >= 0.3 is 0 Å². The maximum atomic E-state index is 12.5. The molecule has 0 aliphatic carbocycles. The summed E-state index contributed by atoms with van der Waals surface area (Å²) in [5.74, 6) is 0.883. The van der Waals surface area contributed by atoms with Crippen molar-refractivity contribution in [2.24, 2.45) is 0 Å². The van der Waals surface area contributed by atoms with Crippen molar-refractivity contribution in [1.82, 2.24) is 10.2 Å². The van der Waals surface area contributed by atoms with Crippen LogP contribution in [0.3, 0.4) is 0 Å². The van der Waals surface area contributed by atoms with Gasteiger partial charge < -0.3 is 14.4 Å². The number of hydrogen-bond donors (Lipinski definition) is 1. The minimum absolute atomic E-state index is 0.254. The Morgan fingerprint density at radius 3 is 1.96 bits per heavy atom. The van der Waals surface area contributed by atoms with Gasteiger partial charge in [-0.05, 0) is 37.2 Å². The molecule has 6 heteroatoms. The molecule has 5 nitrogen and oxygen atoms in total. The molecule has 0 heterocycles. The second-order valence-corrected chi connectivity index (χ2v) is 5.94. The lowest BCUT2D eigenvalue weighted by Gasteiger charge is -2.25. The van der Waals surface area contributed by atoms with Crippen molar-refractivity contribution in [3.05, 3.63) is 23.8 Å². The number of nitrogens with zero attached hydrogens (tertiary/aromatic N) is 1. The Labute approximate surface area is 150 Å². The number of thiocarbonyl (C=S) groups is 1. The van der Waals surface area contributed by atoms with Crippen molar-refractivity contribution in [3.63, 3.8) is 0 Å². The number of methoxy groups -OCH3 is 2. The molecule has 0 saturated heterocycles. The third-order valence-corrected chi connectivity index (χ3v) is 4.04. The summed E-state index contributed by atoms with van der Waals surface area (Å²) in [4.78, 5) is 14.6. The number of amides is 1. The summed E-state index contributed by atoms with van der Waals surface area (Å²) >= 11 is 5.43. The molecule has 0 aromatic heterocycles. The van der Waals surface area contributed by atoms with Crippen molar-refractivity contribution >= 4 is 23.2 Å². The number of benzene rings is 1. The molecular weight excluding hydrogens is 324 g/mol. The molecule has 0 fully saturated rings. The molecule has 1 N–H and O–H groups in total. The monoisotopic (exact) mass is 352 g/mol. The van der Waals surface area contributed by atoms with E-state index in [9.17, 15) is 4.79 Å². The van der Waals surface area contributed by atoms with Crippen molar-refractivity contribution < 1.29 is 14.3 Å². The van der Waals surface area contributed by atoms with Crippen molar-refractivity contribution in [1.29, 1.82) is 0 Å². The summed E-state index contributed by atoms with van der Waals surface area (Å²) in [6, 6.07) is 5.07. The summed E-state index contributed by atoms with van der Waals surface area (Å²) < 4.78 is 10.4. The van der Waals surface area contributed by atoms with Gasteiger partial charge in [0.05, 0.1) is 14.2 Å². The largest absolute Gasteiger partial charge is 0.497 e. The van der Waals surface area contributed by atoms with Crippen LogP contribution < -0.4 is 14.8 Å². The molecule has 1 aromatic carbocycles. The predicted molar refractivity (Wildman–Crippen MR) is 101 cm³/mol. The van der Waals surface area contributed by atoms with Gasteiger partial charge in [-0.2, -0.15) is 0 Å². The van der Waals surface area contributed by atoms with Crippen molar-refractivity contribution in [3.8, 4) is 11.5 Å². The fourth-order valence-electron chi connectivity index (χ4n) is 2.20. The minimum Gasteiger partial charge on any atom is -0.497 e. The summed E-state index contributed by atoms with van der Waals surface area (Å²) in [7, 11) is 3.11. The zero-order chi connectivity index (χ0) is 17.9. The Bertz CT molecular complexity index is 519. The highest BCUT2D eigenvalue weighted by atomic mass is 32.1. The normalized spacial score (nSPS) is 10.2. The first-order valence-corrected chi connectivity index (χ1v) is 8.79. The molecule has 0 atom stereocenters. The molecule has 134 valence electrons. The molecular formula is C18H28N2O3S. The number of hydrogen-bond acceptors (Lipinski definition) is 4. The topological polar surface area (TPSA) is 50.8 Å². The molecule has 0 aliphatic heterocycles. The van der Waals surface area contributed by atoms with Crippen LogP contribution in [0.2, 0.25) is 0 Å². The van der Waals surface area contributed by atoms with E-state index < -0.39 is 0 Å².